The van der Waals surface area contributed by atoms with E-state index in [4.69, 9.17) is 8.85 Å². The van der Waals surface area contributed by atoms with Crippen LogP contribution in [0.25, 0.3) is 0 Å². The van der Waals surface area contributed by atoms with Crippen LogP contribution in [0.2, 0.25) is 6.04 Å². The van der Waals surface area contributed by atoms with Crippen molar-refractivity contribution in [3.63, 3.8) is 0 Å². The second kappa shape index (κ2) is 5.85. The smallest absolute Gasteiger partial charge is 0.386 e. The van der Waals surface area contributed by atoms with Crippen LogP contribution in [0, 0.1) is 0 Å². The molecule has 0 heterocycles. The summed E-state index contributed by atoms with van der Waals surface area (Å²) >= 11 is 0. The SMILES string of the molecule is CC[Si](NC1CCCCC1)(OC)OC. The number of hydrogen-bond acceptors (Lipinski definition) is 3. The second-order valence-electron chi connectivity index (χ2n) is 3.99. The second-order valence-corrected chi connectivity index (χ2v) is 7.31. The maximum absolute atomic E-state index is 5.54. The van der Waals surface area contributed by atoms with Crippen LogP contribution in [0.5, 0.6) is 0 Å². The molecule has 1 rings (SSSR count). The van der Waals surface area contributed by atoms with Gasteiger partial charge in [-0.05, 0) is 12.8 Å². The van der Waals surface area contributed by atoms with Crippen molar-refractivity contribution in [3.8, 4) is 0 Å². The van der Waals surface area contributed by atoms with Gasteiger partial charge in [-0.2, -0.15) is 0 Å². The lowest BCUT2D eigenvalue weighted by Gasteiger charge is -2.33. The summed E-state index contributed by atoms with van der Waals surface area (Å²) in [5.41, 5.74) is 0. The Balaban J connectivity index is 2.44. The Morgan fingerprint density at radius 3 is 2.14 bits per heavy atom. The molecule has 0 saturated heterocycles. The quantitative estimate of drug-likeness (QED) is 0.716. The van der Waals surface area contributed by atoms with Crippen LogP contribution in [-0.2, 0) is 8.85 Å². The van der Waals surface area contributed by atoms with Crippen molar-refractivity contribution in [2.75, 3.05) is 14.2 Å². The highest BCUT2D eigenvalue weighted by molar-refractivity contribution is 6.64. The molecule has 14 heavy (non-hydrogen) atoms. The summed E-state index contributed by atoms with van der Waals surface area (Å²) in [6.45, 7) is 2.13. The van der Waals surface area contributed by atoms with Gasteiger partial charge < -0.3 is 8.85 Å². The van der Waals surface area contributed by atoms with E-state index < -0.39 is 8.72 Å². The molecule has 0 aromatic rings. The third-order valence-corrected chi connectivity index (χ3v) is 6.25. The topological polar surface area (TPSA) is 30.5 Å². The van der Waals surface area contributed by atoms with E-state index in [2.05, 4.69) is 11.9 Å². The lowest BCUT2D eigenvalue weighted by molar-refractivity contribution is 0.215. The Bertz CT molecular complexity index is 148. The zero-order chi connectivity index (χ0) is 10.4. The molecule has 1 aliphatic carbocycles. The van der Waals surface area contributed by atoms with Crippen LogP contribution in [0.3, 0.4) is 0 Å². The molecule has 0 radical (unpaired) electrons. The molecule has 0 spiro atoms. The molecule has 1 N–H and O–H groups in total. The summed E-state index contributed by atoms with van der Waals surface area (Å²) in [5, 5.41) is 0. The van der Waals surface area contributed by atoms with Crippen molar-refractivity contribution >= 4 is 8.72 Å². The molecule has 1 aliphatic rings. The van der Waals surface area contributed by atoms with E-state index in [1.165, 1.54) is 32.1 Å². The molecule has 0 aromatic carbocycles. The van der Waals surface area contributed by atoms with E-state index in [1.54, 1.807) is 14.2 Å². The predicted molar refractivity (Wildman–Crippen MR) is 60.3 cm³/mol. The monoisotopic (exact) mass is 217 g/mol. The molecule has 0 aliphatic heterocycles. The van der Waals surface area contributed by atoms with Gasteiger partial charge in [0.15, 0.2) is 0 Å². The molecule has 1 fully saturated rings. The van der Waals surface area contributed by atoms with Crippen LogP contribution in [-0.4, -0.2) is 29.0 Å². The highest BCUT2D eigenvalue weighted by Gasteiger charge is 2.36. The summed E-state index contributed by atoms with van der Waals surface area (Å²) in [6.07, 6.45) is 6.64. The lowest BCUT2D eigenvalue weighted by Crippen LogP contribution is -2.58. The van der Waals surface area contributed by atoms with Crippen LogP contribution < -0.4 is 4.98 Å². The third-order valence-electron chi connectivity index (χ3n) is 3.15. The minimum absolute atomic E-state index is 0.621. The average molecular weight is 217 g/mol. The molecular weight excluding hydrogens is 194 g/mol. The van der Waals surface area contributed by atoms with E-state index in [0.29, 0.717) is 6.04 Å². The van der Waals surface area contributed by atoms with Gasteiger partial charge in [0.1, 0.15) is 0 Å². The molecule has 0 aromatic heterocycles. The maximum Gasteiger partial charge on any atom is 0.424 e. The summed E-state index contributed by atoms with van der Waals surface area (Å²) < 4.78 is 11.1. The van der Waals surface area contributed by atoms with E-state index in [-0.39, 0.29) is 0 Å². The fraction of sp³-hybridized carbons (Fsp3) is 1.00. The number of nitrogens with one attached hydrogen (secondary N) is 1. The zero-order valence-electron chi connectivity index (χ0n) is 9.64. The Labute approximate surface area is 88.5 Å². The molecular formula is C10H23NO2Si. The fourth-order valence-electron chi connectivity index (χ4n) is 2.15. The summed E-state index contributed by atoms with van der Waals surface area (Å²) in [5.74, 6) is 0. The summed E-state index contributed by atoms with van der Waals surface area (Å²) in [7, 11) is 1.46. The van der Waals surface area contributed by atoms with Crippen LogP contribution >= 0.6 is 0 Å². The van der Waals surface area contributed by atoms with Gasteiger partial charge >= 0.3 is 8.72 Å². The molecule has 84 valence electrons. The highest BCUT2D eigenvalue weighted by Crippen LogP contribution is 2.20. The minimum atomic E-state index is -2.05. The van der Waals surface area contributed by atoms with Crippen molar-refractivity contribution in [2.24, 2.45) is 0 Å². The van der Waals surface area contributed by atoms with Gasteiger partial charge in [0.2, 0.25) is 0 Å². The molecule has 1 saturated carbocycles. The molecule has 4 heteroatoms. The highest BCUT2D eigenvalue weighted by atomic mass is 28.4. The first-order valence-corrected chi connectivity index (χ1v) is 7.66. The maximum atomic E-state index is 5.54. The van der Waals surface area contributed by atoms with E-state index in [1.807, 2.05) is 0 Å². The minimum Gasteiger partial charge on any atom is -0.386 e. The first kappa shape index (κ1) is 12.2. The molecule has 0 amide bonds. The Kier molecular flexibility index (Phi) is 5.09. The molecule has 0 bridgehead atoms. The van der Waals surface area contributed by atoms with Gasteiger partial charge in [0.25, 0.3) is 0 Å². The van der Waals surface area contributed by atoms with Gasteiger partial charge in [0, 0.05) is 26.3 Å². The van der Waals surface area contributed by atoms with Crippen LogP contribution in [0.4, 0.5) is 0 Å². The molecule has 0 atom stereocenters. The first-order chi connectivity index (χ1) is 6.76. The summed E-state index contributed by atoms with van der Waals surface area (Å²) in [6, 6.07) is 1.59. The van der Waals surface area contributed by atoms with E-state index in [9.17, 15) is 0 Å². The lowest BCUT2D eigenvalue weighted by atomic mass is 9.96. The normalized spacial score (nSPS) is 19.9. The van der Waals surface area contributed by atoms with Gasteiger partial charge in [-0.15, -0.1) is 0 Å². The standard InChI is InChI=1S/C10H23NO2Si/c1-4-14(12-2,13-3)11-10-8-6-5-7-9-10/h10-11H,4-9H2,1-3H3. The van der Waals surface area contributed by atoms with Gasteiger partial charge in [-0.3, -0.25) is 4.98 Å². The fourth-order valence-corrected chi connectivity index (χ4v) is 4.24. The van der Waals surface area contributed by atoms with Crippen molar-refractivity contribution in [3.05, 3.63) is 0 Å². The van der Waals surface area contributed by atoms with E-state index in [0.717, 1.165) is 6.04 Å². The largest absolute Gasteiger partial charge is 0.424 e. The van der Waals surface area contributed by atoms with Crippen molar-refractivity contribution in [1.82, 2.24) is 4.98 Å². The van der Waals surface area contributed by atoms with Crippen LogP contribution in [0.15, 0.2) is 0 Å². The van der Waals surface area contributed by atoms with Gasteiger partial charge in [-0.1, -0.05) is 26.2 Å². The van der Waals surface area contributed by atoms with Crippen molar-refractivity contribution in [2.45, 2.75) is 51.1 Å². The predicted octanol–water partition coefficient (Wildman–Crippen LogP) is 2.16. The van der Waals surface area contributed by atoms with Gasteiger partial charge in [-0.25, -0.2) is 0 Å². The number of rotatable bonds is 5. The Morgan fingerprint density at radius 1 is 1.14 bits per heavy atom. The van der Waals surface area contributed by atoms with Crippen molar-refractivity contribution in [1.29, 1.82) is 0 Å². The first-order valence-electron chi connectivity index (χ1n) is 5.64. The number of hydrogen-bond donors (Lipinski definition) is 1. The molecule has 3 nitrogen and oxygen atoms in total. The van der Waals surface area contributed by atoms with Crippen LogP contribution in [0.1, 0.15) is 39.0 Å². The zero-order valence-corrected chi connectivity index (χ0v) is 10.6. The van der Waals surface area contributed by atoms with Gasteiger partial charge in [0.05, 0.1) is 0 Å². The Hall–Kier alpha value is 0.0969. The third kappa shape index (κ3) is 3.05. The van der Waals surface area contributed by atoms with E-state index >= 15 is 0 Å². The Morgan fingerprint density at radius 2 is 1.71 bits per heavy atom. The summed E-state index contributed by atoms with van der Waals surface area (Å²) in [4.78, 5) is 3.61. The molecule has 0 unspecified atom stereocenters. The van der Waals surface area contributed by atoms with Crippen molar-refractivity contribution < 1.29 is 8.85 Å². The average Bonchev–Trinajstić information content (AvgIpc) is 2.28.